The molecular formula is C15H21N3O4. The average Bonchev–Trinajstić information content (AvgIpc) is 3.01. The first-order valence-electron chi connectivity index (χ1n) is 7.39. The van der Waals surface area contributed by atoms with Crippen molar-refractivity contribution in [3.63, 3.8) is 0 Å². The molecule has 0 bridgehead atoms. The summed E-state index contributed by atoms with van der Waals surface area (Å²) in [4.78, 5) is 16.0. The smallest absolute Gasteiger partial charge is 0.319 e. The SMILES string of the molecule is COCNC(=O)N1CCN(Cc2ccc3c(c2)OCO3)CC1. The summed E-state index contributed by atoms with van der Waals surface area (Å²) in [6.07, 6.45) is 0. The van der Waals surface area contributed by atoms with Crippen molar-refractivity contribution < 1.29 is 19.0 Å². The van der Waals surface area contributed by atoms with Gasteiger partial charge < -0.3 is 24.4 Å². The van der Waals surface area contributed by atoms with Crippen LogP contribution >= 0.6 is 0 Å². The molecule has 0 unspecified atom stereocenters. The lowest BCUT2D eigenvalue weighted by molar-refractivity contribution is 0.120. The Morgan fingerprint density at radius 1 is 1.23 bits per heavy atom. The summed E-state index contributed by atoms with van der Waals surface area (Å²) in [5.74, 6) is 1.62. The Bertz CT molecular complexity index is 530. The van der Waals surface area contributed by atoms with Crippen LogP contribution in [0, 0.1) is 0 Å². The van der Waals surface area contributed by atoms with Gasteiger partial charge in [-0.15, -0.1) is 0 Å². The first-order valence-corrected chi connectivity index (χ1v) is 7.39. The Morgan fingerprint density at radius 2 is 2.00 bits per heavy atom. The second-order valence-electron chi connectivity index (χ2n) is 5.37. The molecule has 2 heterocycles. The molecule has 1 saturated heterocycles. The van der Waals surface area contributed by atoms with E-state index in [0.29, 0.717) is 6.79 Å². The predicted molar refractivity (Wildman–Crippen MR) is 79.8 cm³/mol. The normalized spacial score (nSPS) is 17.6. The van der Waals surface area contributed by atoms with Gasteiger partial charge >= 0.3 is 6.03 Å². The van der Waals surface area contributed by atoms with Crippen molar-refractivity contribution in [3.8, 4) is 11.5 Å². The quantitative estimate of drug-likeness (QED) is 0.836. The van der Waals surface area contributed by atoms with Gasteiger partial charge in [-0.05, 0) is 17.7 Å². The number of benzene rings is 1. The maximum absolute atomic E-state index is 11.8. The van der Waals surface area contributed by atoms with Crippen LogP contribution in [0.15, 0.2) is 18.2 Å². The van der Waals surface area contributed by atoms with Gasteiger partial charge in [0.25, 0.3) is 0 Å². The Labute approximate surface area is 129 Å². The standard InChI is InChI=1S/C15H21N3O4/c1-20-10-16-15(19)18-6-4-17(5-7-18)9-12-2-3-13-14(8-12)22-11-21-13/h2-3,8H,4-7,9-11H2,1H3,(H,16,19). The third-order valence-corrected chi connectivity index (χ3v) is 3.87. The third-order valence-electron chi connectivity index (χ3n) is 3.87. The lowest BCUT2D eigenvalue weighted by Gasteiger charge is -2.34. The molecule has 0 spiro atoms. The lowest BCUT2D eigenvalue weighted by Crippen LogP contribution is -2.51. The minimum absolute atomic E-state index is 0.0652. The number of methoxy groups -OCH3 is 1. The van der Waals surface area contributed by atoms with Gasteiger partial charge in [0, 0.05) is 39.8 Å². The zero-order valence-electron chi connectivity index (χ0n) is 12.7. The second-order valence-corrected chi connectivity index (χ2v) is 5.37. The zero-order chi connectivity index (χ0) is 15.4. The number of carbonyl (C=O) groups excluding carboxylic acids is 1. The number of carbonyl (C=O) groups is 1. The fourth-order valence-electron chi connectivity index (χ4n) is 2.65. The molecule has 120 valence electrons. The van der Waals surface area contributed by atoms with Crippen LogP contribution < -0.4 is 14.8 Å². The fraction of sp³-hybridized carbons (Fsp3) is 0.533. The molecule has 3 rings (SSSR count). The summed E-state index contributed by atoms with van der Waals surface area (Å²) in [6, 6.07) is 5.97. The largest absolute Gasteiger partial charge is 0.454 e. The number of nitrogens with one attached hydrogen (secondary N) is 1. The minimum atomic E-state index is -0.0652. The van der Waals surface area contributed by atoms with Gasteiger partial charge in [0.15, 0.2) is 11.5 Å². The van der Waals surface area contributed by atoms with Gasteiger partial charge in [0.05, 0.1) is 0 Å². The molecule has 2 amide bonds. The number of nitrogens with zero attached hydrogens (tertiary/aromatic N) is 2. The second kappa shape index (κ2) is 6.85. The first kappa shape index (κ1) is 14.9. The molecule has 1 N–H and O–H groups in total. The number of amides is 2. The Morgan fingerprint density at radius 3 is 2.77 bits per heavy atom. The number of fused-ring (bicyclic) bond motifs is 1. The van der Waals surface area contributed by atoms with E-state index in [1.807, 2.05) is 17.0 Å². The van der Waals surface area contributed by atoms with Crippen molar-refractivity contribution in [2.45, 2.75) is 6.54 Å². The molecule has 2 aliphatic heterocycles. The predicted octanol–water partition coefficient (Wildman–Crippen LogP) is 0.846. The minimum Gasteiger partial charge on any atom is -0.454 e. The summed E-state index contributed by atoms with van der Waals surface area (Å²) in [5.41, 5.74) is 1.20. The van der Waals surface area contributed by atoms with E-state index in [0.717, 1.165) is 44.2 Å². The van der Waals surface area contributed by atoms with Crippen LogP contribution in [0.4, 0.5) is 4.79 Å². The van der Waals surface area contributed by atoms with E-state index in [1.54, 1.807) is 7.11 Å². The van der Waals surface area contributed by atoms with Crippen molar-refractivity contribution in [3.05, 3.63) is 23.8 Å². The lowest BCUT2D eigenvalue weighted by atomic mass is 10.1. The summed E-state index contributed by atoms with van der Waals surface area (Å²) in [5, 5.41) is 2.71. The van der Waals surface area contributed by atoms with E-state index in [1.165, 1.54) is 5.56 Å². The van der Waals surface area contributed by atoms with Crippen molar-refractivity contribution in [2.24, 2.45) is 0 Å². The summed E-state index contributed by atoms with van der Waals surface area (Å²) < 4.78 is 15.6. The van der Waals surface area contributed by atoms with E-state index in [2.05, 4.69) is 16.3 Å². The maximum atomic E-state index is 11.8. The monoisotopic (exact) mass is 307 g/mol. The number of hydrogen-bond acceptors (Lipinski definition) is 5. The van der Waals surface area contributed by atoms with Crippen molar-refractivity contribution >= 4 is 6.03 Å². The van der Waals surface area contributed by atoms with Crippen molar-refractivity contribution in [1.82, 2.24) is 15.1 Å². The van der Waals surface area contributed by atoms with E-state index < -0.39 is 0 Å². The Balaban J connectivity index is 1.49. The molecule has 7 nitrogen and oxygen atoms in total. The number of urea groups is 1. The molecule has 7 heteroatoms. The molecule has 0 radical (unpaired) electrons. The molecule has 0 atom stereocenters. The van der Waals surface area contributed by atoms with Crippen molar-refractivity contribution in [2.75, 3.05) is 46.8 Å². The molecule has 1 fully saturated rings. The van der Waals surface area contributed by atoms with Gasteiger partial charge in [-0.1, -0.05) is 6.07 Å². The molecule has 0 aliphatic carbocycles. The zero-order valence-corrected chi connectivity index (χ0v) is 12.7. The number of ether oxygens (including phenoxy) is 3. The van der Waals surface area contributed by atoms with Gasteiger partial charge in [-0.25, -0.2) is 4.79 Å². The molecule has 0 aromatic heterocycles. The van der Waals surface area contributed by atoms with Gasteiger partial charge in [0.2, 0.25) is 6.79 Å². The molecule has 2 aliphatic rings. The van der Waals surface area contributed by atoms with Crippen LogP contribution in [-0.4, -0.2) is 62.6 Å². The van der Waals surface area contributed by atoms with Gasteiger partial charge in [-0.2, -0.15) is 0 Å². The van der Waals surface area contributed by atoms with Crippen molar-refractivity contribution in [1.29, 1.82) is 0 Å². The topological polar surface area (TPSA) is 63.3 Å². The average molecular weight is 307 g/mol. The third kappa shape index (κ3) is 3.42. The molecule has 0 saturated carbocycles. The number of hydrogen-bond donors (Lipinski definition) is 1. The Kier molecular flexibility index (Phi) is 4.65. The highest BCUT2D eigenvalue weighted by molar-refractivity contribution is 5.74. The van der Waals surface area contributed by atoms with Crippen LogP contribution in [0.2, 0.25) is 0 Å². The fourth-order valence-corrected chi connectivity index (χ4v) is 2.65. The number of piperazine rings is 1. The highest BCUT2D eigenvalue weighted by Crippen LogP contribution is 2.32. The summed E-state index contributed by atoms with van der Waals surface area (Å²) in [7, 11) is 1.56. The van der Waals surface area contributed by atoms with E-state index in [9.17, 15) is 4.79 Å². The van der Waals surface area contributed by atoms with Crippen LogP contribution in [-0.2, 0) is 11.3 Å². The number of rotatable bonds is 4. The Hall–Kier alpha value is -1.99. The summed E-state index contributed by atoms with van der Waals surface area (Å²) in [6.45, 7) is 4.55. The van der Waals surface area contributed by atoms with Gasteiger partial charge in [0.1, 0.15) is 6.73 Å². The van der Waals surface area contributed by atoms with E-state index >= 15 is 0 Å². The van der Waals surface area contributed by atoms with Crippen LogP contribution in [0.25, 0.3) is 0 Å². The summed E-state index contributed by atoms with van der Waals surface area (Å²) >= 11 is 0. The molecule has 1 aromatic carbocycles. The van der Waals surface area contributed by atoms with E-state index in [4.69, 9.17) is 14.2 Å². The first-order chi connectivity index (χ1) is 10.8. The van der Waals surface area contributed by atoms with Gasteiger partial charge in [-0.3, -0.25) is 4.90 Å². The molecule has 1 aromatic rings. The highest BCUT2D eigenvalue weighted by Gasteiger charge is 2.21. The highest BCUT2D eigenvalue weighted by atomic mass is 16.7. The van der Waals surface area contributed by atoms with E-state index in [-0.39, 0.29) is 12.8 Å². The molecule has 22 heavy (non-hydrogen) atoms. The van der Waals surface area contributed by atoms with Crippen LogP contribution in [0.1, 0.15) is 5.56 Å². The van der Waals surface area contributed by atoms with Crippen LogP contribution in [0.5, 0.6) is 11.5 Å². The maximum Gasteiger partial charge on any atom is 0.319 e. The molecular weight excluding hydrogens is 286 g/mol. The van der Waals surface area contributed by atoms with Crippen LogP contribution in [0.3, 0.4) is 0 Å².